The molecule has 3 aromatic carbocycles. The van der Waals surface area contributed by atoms with Crippen molar-refractivity contribution in [1.82, 2.24) is 15.5 Å². The van der Waals surface area contributed by atoms with Gasteiger partial charge in [0.1, 0.15) is 11.0 Å². The number of carbonyl (C=O) groups is 2. The molecule has 0 saturated heterocycles. The minimum atomic E-state index is -0.801. The van der Waals surface area contributed by atoms with Crippen molar-refractivity contribution in [3.63, 3.8) is 0 Å². The smallest absolute Gasteiger partial charge is 0.251 e. The van der Waals surface area contributed by atoms with Crippen LogP contribution in [-0.4, -0.2) is 28.1 Å². The molecule has 0 aliphatic rings. The van der Waals surface area contributed by atoms with E-state index in [1.807, 2.05) is 54.6 Å². The van der Waals surface area contributed by atoms with Crippen LogP contribution in [0.15, 0.2) is 78.9 Å². The van der Waals surface area contributed by atoms with E-state index in [9.17, 15) is 9.59 Å². The summed E-state index contributed by atoms with van der Waals surface area (Å²) in [6.07, 6.45) is 0.335. The van der Waals surface area contributed by atoms with Crippen LogP contribution in [-0.2, 0) is 16.6 Å². The van der Waals surface area contributed by atoms with E-state index in [-0.39, 0.29) is 17.2 Å². The summed E-state index contributed by atoms with van der Waals surface area (Å²) in [6.45, 7) is 6.36. The Bertz CT molecular complexity index is 1330. The minimum absolute atomic E-state index is 0.0165. The summed E-state index contributed by atoms with van der Waals surface area (Å²) in [5.74, 6) is -0.678. The van der Waals surface area contributed by atoms with E-state index in [0.29, 0.717) is 27.1 Å². The van der Waals surface area contributed by atoms with Crippen molar-refractivity contribution in [2.75, 3.05) is 5.32 Å². The van der Waals surface area contributed by atoms with Crippen molar-refractivity contribution in [1.29, 1.82) is 0 Å². The SMILES string of the molecule is CC(C)(C)c1ccc(C(=O)NC(Cc2ccccc2)C(=O)Nc2nnc(-c3ccc(Cl)cc3)s2)cc1. The Morgan fingerprint density at radius 1 is 0.917 bits per heavy atom. The number of nitrogens with one attached hydrogen (secondary N) is 2. The molecule has 8 heteroatoms. The van der Waals surface area contributed by atoms with Gasteiger partial charge in [-0.05, 0) is 40.8 Å². The molecule has 184 valence electrons. The first-order chi connectivity index (χ1) is 17.2. The number of halogens is 1. The van der Waals surface area contributed by atoms with Crippen LogP contribution in [0.25, 0.3) is 10.6 Å². The Kier molecular flexibility index (Phi) is 7.82. The van der Waals surface area contributed by atoms with E-state index in [0.717, 1.165) is 16.7 Å². The molecule has 0 bridgehead atoms. The second kappa shape index (κ2) is 11.0. The summed E-state index contributed by atoms with van der Waals surface area (Å²) >= 11 is 7.22. The van der Waals surface area contributed by atoms with Crippen molar-refractivity contribution in [2.45, 2.75) is 38.6 Å². The average Bonchev–Trinajstić information content (AvgIpc) is 3.32. The first-order valence-corrected chi connectivity index (χ1v) is 12.7. The van der Waals surface area contributed by atoms with Crippen LogP contribution in [0.4, 0.5) is 5.13 Å². The summed E-state index contributed by atoms with van der Waals surface area (Å²) in [4.78, 5) is 26.3. The summed E-state index contributed by atoms with van der Waals surface area (Å²) in [5, 5.41) is 15.6. The van der Waals surface area contributed by atoms with Gasteiger partial charge in [-0.3, -0.25) is 14.9 Å². The lowest BCUT2D eigenvalue weighted by molar-refractivity contribution is -0.118. The zero-order chi connectivity index (χ0) is 25.7. The molecule has 1 heterocycles. The maximum Gasteiger partial charge on any atom is 0.251 e. The third-order valence-corrected chi connectivity index (χ3v) is 6.80. The molecule has 0 aliphatic heterocycles. The van der Waals surface area contributed by atoms with Crippen molar-refractivity contribution in [2.24, 2.45) is 0 Å². The summed E-state index contributed by atoms with van der Waals surface area (Å²) in [5.41, 5.74) is 3.39. The highest BCUT2D eigenvalue weighted by atomic mass is 35.5. The maximum absolute atomic E-state index is 13.3. The van der Waals surface area contributed by atoms with Gasteiger partial charge in [0.15, 0.2) is 0 Å². The molecule has 4 rings (SSSR count). The molecular weight excluding hydrogens is 492 g/mol. The second-order valence-corrected chi connectivity index (χ2v) is 10.9. The first-order valence-electron chi connectivity index (χ1n) is 11.5. The zero-order valence-corrected chi connectivity index (χ0v) is 21.9. The van der Waals surface area contributed by atoms with Gasteiger partial charge in [-0.25, -0.2) is 0 Å². The van der Waals surface area contributed by atoms with E-state index in [4.69, 9.17) is 11.6 Å². The number of amides is 2. The number of hydrogen-bond donors (Lipinski definition) is 2. The molecule has 4 aromatic rings. The van der Waals surface area contributed by atoms with E-state index in [2.05, 4.69) is 41.6 Å². The van der Waals surface area contributed by atoms with Crippen LogP contribution in [0.3, 0.4) is 0 Å². The van der Waals surface area contributed by atoms with Gasteiger partial charge in [0.05, 0.1) is 0 Å². The van der Waals surface area contributed by atoms with Gasteiger partial charge in [-0.1, -0.05) is 98.3 Å². The van der Waals surface area contributed by atoms with Gasteiger partial charge < -0.3 is 5.32 Å². The molecule has 0 fully saturated rings. The Hall–Kier alpha value is -3.55. The van der Waals surface area contributed by atoms with Gasteiger partial charge in [-0.2, -0.15) is 0 Å². The highest BCUT2D eigenvalue weighted by Gasteiger charge is 2.24. The Balaban J connectivity index is 1.50. The molecule has 0 spiro atoms. The molecule has 6 nitrogen and oxygen atoms in total. The molecular formula is C28H27ClN4O2S. The van der Waals surface area contributed by atoms with Crippen LogP contribution >= 0.6 is 22.9 Å². The maximum atomic E-state index is 13.3. The summed E-state index contributed by atoms with van der Waals surface area (Å²) in [7, 11) is 0. The number of carbonyl (C=O) groups excluding carboxylic acids is 2. The molecule has 0 aliphatic carbocycles. The van der Waals surface area contributed by atoms with E-state index in [1.54, 1.807) is 24.3 Å². The molecule has 2 amide bonds. The van der Waals surface area contributed by atoms with Crippen LogP contribution in [0, 0.1) is 0 Å². The Labute approximate surface area is 219 Å². The zero-order valence-electron chi connectivity index (χ0n) is 20.3. The predicted octanol–water partition coefficient (Wildman–Crippen LogP) is 6.14. The molecule has 0 radical (unpaired) electrons. The summed E-state index contributed by atoms with van der Waals surface area (Å²) in [6, 6.07) is 23.5. The Morgan fingerprint density at radius 2 is 1.58 bits per heavy atom. The number of aromatic nitrogens is 2. The van der Waals surface area contributed by atoms with Gasteiger partial charge in [-0.15, -0.1) is 10.2 Å². The molecule has 1 atom stereocenters. The quantitative estimate of drug-likeness (QED) is 0.308. The fraction of sp³-hybridized carbons (Fsp3) is 0.214. The third kappa shape index (κ3) is 6.56. The van der Waals surface area contributed by atoms with Gasteiger partial charge in [0.2, 0.25) is 11.0 Å². The monoisotopic (exact) mass is 518 g/mol. The lowest BCUT2D eigenvalue weighted by Crippen LogP contribution is -2.45. The normalized spacial score (nSPS) is 12.1. The number of nitrogens with zero attached hydrogens (tertiary/aromatic N) is 2. The van der Waals surface area contributed by atoms with Crippen molar-refractivity contribution in [3.05, 3.63) is 101 Å². The fourth-order valence-electron chi connectivity index (χ4n) is 3.60. The topological polar surface area (TPSA) is 84.0 Å². The highest BCUT2D eigenvalue weighted by Crippen LogP contribution is 2.27. The number of anilines is 1. The fourth-order valence-corrected chi connectivity index (χ4v) is 4.48. The van der Waals surface area contributed by atoms with E-state index >= 15 is 0 Å². The van der Waals surface area contributed by atoms with Gasteiger partial charge in [0.25, 0.3) is 5.91 Å². The largest absolute Gasteiger partial charge is 0.340 e. The Morgan fingerprint density at radius 3 is 2.22 bits per heavy atom. The predicted molar refractivity (Wildman–Crippen MR) is 146 cm³/mol. The van der Waals surface area contributed by atoms with E-state index in [1.165, 1.54) is 11.3 Å². The molecule has 2 N–H and O–H groups in total. The molecule has 1 aromatic heterocycles. The van der Waals surface area contributed by atoms with Crippen LogP contribution < -0.4 is 10.6 Å². The second-order valence-electron chi connectivity index (χ2n) is 9.45. The van der Waals surface area contributed by atoms with E-state index < -0.39 is 6.04 Å². The third-order valence-electron chi connectivity index (χ3n) is 5.66. The number of benzene rings is 3. The lowest BCUT2D eigenvalue weighted by atomic mass is 9.86. The first kappa shape index (κ1) is 25.5. The van der Waals surface area contributed by atoms with Crippen LogP contribution in [0.5, 0.6) is 0 Å². The lowest BCUT2D eigenvalue weighted by Gasteiger charge is -2.20. The van der Waals surface area contributed by atoms with Crippen molar-refractivity contribution in [3.8, 4) is 10.6 Å². The minimum Gasteiger partial charge on any atom is -0.340 e. The van der Waals surface area contributed by atoms with Crippen molar-refractivity contribution < 1.29 is 9.59 Å². The van der Waals surface area contributed by atoms with Crippen molar-refractivity contribution >= 4 is 39.9 Å². The highest BCUT2D eigenvalue weighted by molar-refractivity contribution is 7.18. The van der Waals surface area contributed by atoms with Crippen LogP contribution in [0.2, 0.25) is 5.02 Å². The van der Waals surface area contributed by atoms with Crippen LogP contribution in [0.1, 0.15) is 42.3 Å². The molecule has 0 saturated carbocycles. The number of rotatable bonds is 7. The average molecular weight is 519 g/mol. The molecule has 36 heavy (non-hydrogen) atoms. The van der Waals surface area contributed by atoms with Gasteiger partial charge in [0, 0.05) is 22.6 Å². The van der Waals surface area contributed by atoms with Gasteiger partial charge >= 0.3 is 0 Å². The standard InChI is InChI=1S/C28H27ClN4O2S/c1-28(2,3)21-13-9-19(10-14-21)24(34)30-23(17-18-7-5-4-6-8-18)25(35)31-27-33-32-26(36-27)20-11-15-22(29)16-12-20/h4-16,23H,17H2,1-3H3,(H,30,34)(H,31,33,35). The molecule has 1 unspecified atom stereocenters. The summed E-state index contributed by atoms with van der Waals surface area (Å²) < 4.78 is 0. The number of hydrogen-bond acceptors (Lipinski definition) is 5.